The van der Waals surface area contributed by atoms with Crippen molar-refractivity contribution in [1.29, 1.82) is 0 Å². The van der Waals surface area contributed by atoms with Crippen LogP contribution in [0.5, 0.6) is 0 Å². The molecule has 0 saturated carbocycles. The number of amides is 1. The van der Waals surface area contributed by atoms with Crippen LogP contribution in [0.25, 0.3) is 0 Å². The molecule has 2 rings (SSSR count). The Bertz CT molecular complexity index is 460. The van der Waals surface area contributed by atoms with E-state index in [1.165, 1.54) is 0 Å². The summed E-state index contributed by atoms with van der Waals surface area (Å²) in [6.45, 7) is -0.0148. The second kappa shape index (κ2) is 8.98. The van der Waals surface area contributed by atoms with E-state index in [2.05, 4.69) is 10.6 Å². The predicted molar refractivity (Wildman–Crippen MR) is 89.6 cm³/mol. The third-order valence-corrected chi connectivity index (χ3v) is 4.15. The highest BCUT2D eigenvalue weighted by Gasteiger charge is 2.42. The lowest BCUT2D eigenvalue weighted by Crippen LogP contribution is -2.43. The van der Waals surface area contributed by atoms with E-state index in [1.807, 2.05) is 35.8 Å². The van der Waals surface area contributed by atoms with E-state index >= 15 is 0 Å². The number of carbonyl (C=O) groups excluding carboxylic acids is 1. The summed E-state index contributed by atoms with van der Waals surface area (Å²) in [5.74, 6) is -3.14. The molecule has 1 aliphatic rings. The van der Waals surface area contributed by atoms with Gasteiger partial charge in [-0.2, -0.15) is 11.3 Å². The fourth-order valence-corrected chi connectivity index (χ4v) is 2.99. The molecular formula is C13H21Cl2F2N3OS. The van der Waals surface area contributed by atoms with Crippen LogP contribution in [-0.4, -0.2) is 50.0 Å². The molecule has 2 N–H and O–H groups in total. The summed E-state index contributed by atoms with van der Waals surface area (Å²) in [5, 5.41) is 9.33. The van der Waals surface area contributed by atoms with Gasteiger partial charge in [-0.15, -0.1) is 24.8 Å². The van der Waals surface area contributed by atoms with Crippen LogP contribution in [0.2, 0.25) is 0 Å². The lowest BCUT2D eigenvalue weighted by Gasteiger charge is -2.24. The average Bonchev–Trinajstić information content (AvgIpc) is 2.98. The molecule has 2 heterocycles. The van der Waals surface area contributed by atoms with Crippen molar-refractivity contribution in [3.8, 4) is 0 Å². The molecule has 9 heteroatoms. The van der Waals surface area contributed by atoms with Gasteiger partial charge < -0.3 is 10.2 Å². The Morgan fingerprint density at radius 2 is 2.23 bits per heavy atom. The summed E-state index contributed by atoms with van der Waals surface area (Å²) in [5.41, 5.74) is 1.12. The molecule has 1 aromatic heterocycles. The van der Waals surface area contributed by atoms with Crippen molar-refractivity contribution in [2.45, 2.75) is 24.4 Å². The van der Waals surface area contributed by atoms with Crippen LogP contribution < -0.4 is 10.6 Å². The molecule has 22 heavy (non-hydrogen) atoms. The van der Waals surface area contributed by atoms with Crippen molar-refractivity contribution in [2.24, 2.45) is 0 Å². The maximum atomic E-state index is 13.1. The van der Waals surface area contributed by atoms with Gasteiger partial charge in [-0.3, -0.25) is 10.1 Å². The van der Waals surface area contributed by atoms with E-state index in [9.17, 15) is 13.6 Å². The van der Waals surface area contributed by atoms with E-state index < -0.39 is 24.9 Å². The molecule has 0 radical (unpaired) electrons. The van der Waals surface area contributed by atoms with Crippen LogP contribution in [-0.2, 0) is 4.79 Å². The first-order chi connectivity index (χ1) is 9.39. The standard InChI is InChI=1S/C13H19F2N3OS.2ClH/c1-18(2)11(9-3-4-20-7-9)6-16-12(19)10-5-13(14,15)8-17-10;;/h3-4,7,10-11,17H,5-6,8H2,1-2H3,(H,16,19);2*1H. The third-order valence-electron chi connectivity index (χ3n) is 3.45. The third kappa shape index (κ3) is 5.62. The molecule has 1 aliphatic heterocycles. The Balaban J connectivity index is 0.00000220. The maximum absolute atomic E-state index is 13.1. The zero-order chi connectivity index (χ0) is 14.8. The number of hydrogen-bond acceptors (Lipinski definition) is 4. The van der Waals surface area contributed by atoms with E-state index in [0.29, 0.717) is 6.54 Å². The first-order valence-corrected chi connectivity index (χ1v) is 7.41. The lowest BCUT2D eigenvalue weighted by atomic mass is 10.1. The Hall–Kier alpha value is -0.470. The molecule has 1 fully saturated rings. The number of alkyl halides is 2. The minimum atomic E-state index is -2.78. The average molecular weight is 376 g/mol. The number of rotatable bonds is 5. The number of nitrogens with zero attached hydrogens (tertiary/aromatic N) is 1. The Morgan fingerprint density at radius 1 is 1.55 bits per heavy atom. The van der Waals surface area contributed by atoms with E-state index in [0.717, 1.165) is 5.56 Å². The topological polar surface area (TPSA) is 44.4 Å². The van der Waals surface area contributed by atoms with Gasteiger partial charge >= 0.3 is 0 Å². The predicted octanol–water partition coefficient (Wildman–Crippen LogP) is 2.31. The Kier molecular flexibility index (Phi) is 8.79. The molecule has 0 aromatic carbocycles. The molecule has 1 amide bonds. The van der Waals surface area contributed by atoms with Crippen LogP contribution in [0.3, 0.4) is 0 Å². The zero-order valence-corrected chi connectivity index (χ0v) is 14.8. The summed E-state index contributed by atoms with van der Waals surface area (Å²) in [6, 6.07) is 1.26. The van der Waals surface area contributed by atoms with Crippen molar-refractivity contribution >= 4 is 42.1 Å². The van der Waals surface area contributed by atoms with Gasteiger partial charge in [0, 0.05) is 13.0 Å². The second-order valence-electron chi connectivity index (χ2n) is 5.27. The van der Waals surface area contributed by atoms with Gasteiger partial charge in [0.25, 0.3) is 5.92 Å². The largest absolute Gasteiger partial charge is 0.353 e. The van der Waals surface area contributed by atoms with Crippen molar-refractivity contribution in [2.75, 3.05) is 27.2 Å². The molecule has 4 nitrogen and oxygen atoms in total. The highest BCUT2D eigenvalue weighted by Crippen LogP contribution is 2.25. The number of halogens is 4. The Morgan fingerprint density at radius 3 is 2.68 bits per heavy atom. The maximum Gasteiger partial charge on any atom is 0.262 e. The first kappa shape index (κ1) is 21.5. The van der Waals surface area contributed by atoms with E-state index in [4.69, 9.17) is 0 Å². The fourth-order valence-electron chi connectivity index (χ4n) is 2.28. The van der Waals surface area contributed by atoms with Crippen molar-refractivity contribution in [1.82, 2.24) is 15.5 Å². The van der Waals surface area contributed by atoms with Crippen molar-refractivity contribution in [3.05, 3.63) is 22.4 Å². The van der Waals surface area contributed by atoms with E-state index in [-0.39, 0.29) is 36.8 Å². The number of hydrogen-bond donors (Lipinski definition) is 2. The van der Waals surface area contributed by atoms with Gasteiger partial charge in [0.2, 0.25) is 5.91 Å². The normalized spacial score (nSPS) is 20.9. The zero-order valence-electron chi connectivity index (χ0n) is 12.3. The number of nitrogens with one attached hydrogen (secondary N) is 2. The van der Waals surface area contributed by atoms with Gasteiger partial charge in [-0.25, -0.2) is 8.78 Å². The van der Waals surface area contributed by atoms with Gasteiger partial charge in [0.15, 0.2) is 0 Å². The van der Waals surface area contributed by atoms with Crippen LogP contribution in [0.1, 0.15) is 18.0 Å². The molecule has 0 spiro atoms. The lowest BCUT2D eigenvalue weighted by molar-refractivity contribution is -0.123. The smallest absolute Gasteiger partial charge is 0.262 e. The number of likely N-dealkylation sites (N-methyl/N-ethyl adjacent to an activating group) is 1. The van der Waals surface area contributed by atoms with E-state index in [1.54, 1.807) is 11.3 Å². The van der Waals surface area contributed by atoms with Gasteiger partial charge in [-0.05, 0) is 36.5 Å². The monoisotopic (exact) mass is 375 g/mol. The summed E-state index contributed by atoms with van der Waals surface area (Å²) in [4.78, 5) is 13.9. The Labute approximate surface area is 145 Å². The van der Waals surface area contributed by atoms with Crippen LogP contribution in [0.15, 0.2) is 16.8 Å². The number of carbonyl (C=O) groups is 1. The van der Waals surface area contributed by atoms with Crippen LogP contribution in [0.4, 0.5) is 8.78 Å². The molecule has 0 aliphatic carbocycles. The summed E-state index contributed by atoms with van der Waals surface area (Å²) < 4.78 is 26.1. The second-order valence-corrected chi connectivity index (χ2v) is 6.05. The molecule has 128 valence electrons. The summed E-state index contributed by atoms with van der Waals surface area (Å²) >= 11 is 1.59. The minimum absolute atomic E-state index is 0. The first-order valence-electron chi connectivity index (χ1n) is 6.46. The van der Waals surface area contributed by atoms with Crippen molar-refractivity contribution < 1.29 is 13.6 Å². The van der Waals surface area contributed by atoms with Gasteiger partial charge in [0.1, 0.15) is 0 Å². The molecule has 2 atom stereocenters. The highest BCUT2D eigenvalue weighted by atomic mass is 35.5. The van der Waals surface area contributed by atoms with Gasteiger partial charge in [0.05, 0.1) is 18.6 Å². The number of thiophene rings is 1. The SMILES string of the molecule is CN(C)C(CNC(=O)C1CC(F)(F)CN1)c1ccsc1.Cl.Cl. The summed E-state index contributed by atoms with van der Waals surface area (Å²) in [7, 11) is 3.85. The van der Waals surface area contributed by atoms with Crippen LogP contribution in [0, 0.1) is 0 Å². The highest BCUT2D eigenvalue weighted by molar-refractivity contribution is 7.07. The molecule has 1 aromatic rings. The fraction of sp³-hybridized carbons (Fsp3) is 0.615. The molecule has 1 saturated heterocycles. The van der Waals surface area contributed by atoms with Crippen LogP contribution >= 0.6 is 36.2 Å². The summed E-state index contributed by atoms with van der Waals surface area (Å²) in [6.07, 6.45) is -0.427. The molecular weight excluding hydrogens is 355 g/mol. The van der Waals surface area contributed by atoms with Gasteiger partial charge in [-0.1, -0.05) is 0 Å². The molecule has 0 bridgehead atoms. The quantitative estimate of drug-likeness (QED) is 0.829. The minimum Gasteiger partial charge on any atom is -0.353 e. The van der Waals surface area contributed by atoms with Crippen molar-refractivity contribution in [3.63, 3.8) is 0 Å². The molecule has 2 unspecified atom stereocenters.